The van der Waals surface area contributed by atoms with Gasteiger partial charge >= 0.3 is 0 Å². The predicted octanol–water partition coefficient (Wildman–Crippen LogP) is 5.58. The Morgan fingerprint density at radius 1 is 1.10 bits per heavy atom. The van der Waals surface area contributed by atoms with Gasteiger partial charge in [0.1, 0.15) is 5.15 Å². The summed E-state index contributed by atoms with van der Waals surface area (Å²) in [6.07, 6.45) is 0. The van der Waals surface area contributed by atoms with Crippen LogP contribution in [-0.4, -0.2) is 20.7 Å². The van der Waals surface area contributed by atoms with Crippen LogP contribution in [0.25, 0.3) is 11.3 Å². The van der Waals surface area contributed by atoms with Gasteiger partial charge in [0.25, 0.3) is 5.91 Å². The van der Waals surface area contributed by atoms with Crippen molar-refractivity contribution in [2.45, 2.75) is 20.4 Å². The number of anilines is 1. The van der Waals surface area contributed by atoms with Crippen molar-refractivity contribution in [3.05, 3.63) is 87.5 Å². The molecule has 0 atom stereocenters. The number of hydrogen-bond acceptors (Lipinski definition) is 4. The molecule has 0 saturated carbocycles. The predicted molar refractivity (Wildman–Crippen MR) is 118 cm³/mol. The second kappa shape index (κ2) is 8.19. The first-order valence-corrected chi connectivity index (χ1v) is 10.4. The number of halogens is 1. The van der Waals surface area contributed by atoms with Gasteiger partial charge in [-0.1, -0.05) is 71.8 Å². The fourth-order valence-corrected chi connectivity index (χ4v) is 4.05. The SMILES string of the molecule is Cc1ccc(Cn2nc(C)c(C(=O)Nc3nc(-c4ccccc4)cs3)c2Cl)cc1. The van der Waals surface area contributed by atoms with Gasteiger partial charge in [-0.3, -0.25) is 10.1 Å². The van der Waals surface area contributed by atoms with E-state index in [1.165, 1.54) is 16.9 Å². The van der Waals surface area contributed by atoms with E-state index in [2.05, 4.69) is 15.4 Å². The van der Waals surface area contributed by atoms with Crippen LogP contribution >= 0.6 is 22.9 Å². The van der Waals surface area contributed by atoms with Crippen LogP contribution in [0, 0.1) is 13.8 Å². The zero-order valence-corrected chi connectivity index (χ0v) is 17.6. The van der Waals surface area contributed by atoms with Gasteiger partial charge in [0.2, 0.25) is 0 Å². The highest BCUT2D eigenvalue weighted by atomic mass is 35.5. The summed E-state index contributed by atoms with van der Waals surface area (Å²) in [5.74, 6) is -0.309. The van der Waals surface area contributed by atoms with Crippen molar-refractivity contribution >= 4 is 34.0 Å². The summed E-state index contributed by atoms with van der Waals surface area (Å²) in [4.78, 5) is 17.3. The summed E-state index contributed by atoms with van der Waals surface area (Å²) in [7, 11) is 0. The van der Waals surface area contributed by atoms with Crippen molar-refractivity contribution in [2.24, 2.45) is 0 Å². The molecular weight excluding hydrogens is 404 g/mol. The van der Waals surface area contributed by atoms with Gasteiger partial charge < -0.3 is 0 Å². The third-order valence-electron chi connectivity index (χ3n) is 4.54. The number of aromatic nitrogens is 3. The molecule has 1 N–H and O–H groups in total. The van der Waals surface area contributed by atoms with Crippen LogP contribution < -0.4 is 5.32 Å². The molecule has 0 spiro atoms. The van der Waals surface area contributed by atoms with Crippen LogP contribution in [0.3, 0.4) is 0 Å². The molecule has 5 nitrogen and oxygen atoms in total. The molecule has 2 aromatic carbocycles. The molecule has 0 aliphatic carbocycles. The van der Waals surface area contributed by atoms with E-state index >= 15 is 0 Å². The maximum Gasteiger partial charge on any atom is 0.262 e. The lowest BCUT2D eigenvalue weighted by atomic mass is 10.1. The Hall–Kier alpha value is -2.96. The molecule has 0 radical (unpaired) electrons. The summed E-state index contributed by atoms with van der Waals surface area (Å²) in [6.45, 7) is 4.32. The highest BCUT2D eigenvalue weighted by Crippen LogP contribution is 2.27. The Labute approximate surface area is 178 Å². The lowest BCUT2D eigenvalue weighted by molar-refractivity contribution is 0.102. The fourth-order valence-electron chi connectivity index (χ4n) is 3.01. The van der Waals surface area contributed by atoms with Crippen molar-refractivity contribution in [1.82, 2.24) is 14.8 Å². The Kier molecular flexibility index (Phi) is 5.47. The number of rotatable bonds is 5. The first-order valence-electron chi connectivity index (χ1n) is 9.12. The van der Waals surface area contributed by atoms with Gasteiger partial charge in [-0.15, -0.1) is 11.3 Å². The molecule has 0 saturated heterocycles. The topological polar surface area (TPSA) is 59.8 Å². The second-order valence-corrected chi connectivity index (χ2v) is 7.97. The molecule has 0 aliphatic heterocycles. The molecule has 29 heavy (non-hydrogen) atoms. The molecule has 2 heterocycles. The van der Waals surface area contributed by atoms with E-state index in [-0.39, 0.29) is 5.91 Å². The Balaban J connectivity index is 1.52. The number of carbonyl (C=O) groups excluding carboxylic acids is 1. The molecule has 0 bridgehead atoms. The fraction of sp³-hybridized carbons (Fsp3) is 0.136. The number of thiazole rings is 1. The molecular formula is C22H19ClN4OS. The number of amides is 1. The summed E-state index contributed by atoms with van der Waals surface area (Å²) < 4.78 is 1.65. The molecule has 0 aliphatic rings. The minimum atomic E-state index is -0.309. The van der Waals surface area contributed by atoms with E-state index in [0.717, 1.165) is 16.8 Å². The molecule has 2 aromatic heterocycles. The lowest BCUT2D eigenvalue weighted by Gasteiger charge is -2.05. The first-order chi connectivity index (χ1) is 14.0. The van der Waals surface area contributed by atoms with Crippen LogP contribution in [0.4, 0.5) is 5.13 Å². The largest absolute Gasteiger partial charge is 0.298 e. The first kappa shape index (κ1) is 19.4. The molecule has 0 fully saturated rings. The van der Waals surface area contributed by atoms with Crippen molar-refractivity contribution < 1.29 is 4.79 Å². The number of benzene rings is 2. The summed E-state index contributed by atoms with van der Waals surface area (Å²) in [5, 5.41) is 10.1. The van der Waals surface area contributed by atoms with Gasteiger partial charge in [-0.25, -0.2) is 9.67 Å². The van der Waals surface area contributed by atoms with Gasteiger partial charge in [0.05, 0.1) is 23.5 Å². The van der Waals surface area contributed by atoms with E-state index < -0.39 is 0 Å². The molecule has 4 rings (SSSR count). The number of nitrogens with one attached hydrogen (secondary N) is 1. The monoisotopic (exact) mass is 422 g/mol. The number of aryl methyl sites for hydroxylation is 2. The third kappa shape index (κ3) is 4.23. The van der Waals surface area contributed by atoms with Gasteiger partial charge in [-0.05, 0) is 19.4 Å². The standard InChI is InChI=1S/C22H19ClN4OS/c1-14-8-10-16(11-9-14)12-27-20(23)19(15(2)26-27)21(28)25-22-24-18(13-29-22)17-6-4-3-5-7-17/h3-11,13H,12H2,1-2H3,(H,24,25,28). The van der Waals surface area contributed by atoms with Crippen molar-refractivity contribution in [3.8, 4) is 11.3 Å². The van der Waals surface area contributed by atoms with Gasteiger partial charge in [-0.2, -0.15) is 5.10 Å². The van der Waals surface area contributed by atoms with Crippen molar-refractivity contribution in [2.75, 3.05) is 5.32 Å². The number of nitrogens with zero attached hydrogens (tertiary/aromatic N) is 3. The molecule has 4 aromatic rings. The minimum absolute atomic E-state index is 0.309. The van der Waals surface area contributed by atoms with E-state index in [0.29, 0.717) is 28.1 Å². The van der Waals surface area contributed by atoms with Crippen LogP contribution in [0.15, 0.2) is 60.0 Å². The molecule has 146 valence electrons. The zero-order chi connectivity index (χ0) is 20.4. The maximum atomic E-state index is 12.8. The van der Waals surface area contributed by atoms with E-state index in [9.17, 15) is 4.79 Å². The Morgan fingerprint density at radius 3 is 2.55 bits per heavy atom. The quantitative estimate of drug-likeness (QED) is 0.456. The average molecular weight is 423 g/mol. The number of carbonyl (C=O) groups is 1. The summed E-state index contributed by atoms with van der Waals surface area (Å²) >= 11 is 7.87. The minimum Gasteiger partial charge on any atom is -0.298 e. The van der Waals surface area contributed by atoms with Crippen molar-refractivity contribution in [3.63, 3.8) is 0 Å². The summed E-state index contributed by atoms with van der Waals surface area (Å²) in [6, 6.07) is 18.0. The van der Waals surface area contributed by atoms with Gasteiger partial charge in [0.15, 0.2) is 5.13 Å². The normalized spacial score (nSPS) is 10.9. The van der Waals surface area contributed by atoms with Gasteiger partial charge in [0, 0.05) is 10.9 Å². The molecule has 7 heteroatoms. The lowest BCUT2D eigenvalue weighted by Crippen LogP contribution is -2.13. The molecule has 1 amide bonds. The van der Waals surface area contributed by atoms with E-state index in [4.69, 9.17) is 11.6 Å². The van der Waals surface area contributed by atoms with Crippen LogP contribution in [0.2, 0.25) is 5.15 Å². The van der Waals surface area contributed by atoms with Crippen LogP contribution in [0.1, 0.15) is 27.2 Å². The number of hydrogen-bond donors (Lipinski definition) is 1. The van der Waals surface area contributed by atoms with Crippen molar-refractivity contribution in [1.29, 1.82) is 0 Å². The zero-order valence-electron chi connectivity index (χ0n) is 16.0. The maximum absolute atomic E-state index is 12.8. The highest BCUT2D eigenvalue weighted by molar-refractivity contribution is 7.14. The smallest absolute Gasteiger partial charge is 0.262 e. The average Bonchev–Trinajstić information content (AvgIpc) is 3.28. The second-order valence-electron chi connectivity index (χ2n) is 6.75. The van der Waals surface area contributed by atoms with Crippen LogP contribution in [0.5, 0.6) is 0 Å². The van der Waals surface area contributed by atoms with Crippen LogP contribution in [-0.2, 0) is 6.54 Å². The highest BCUT2D eigenvalue weighted by Gasteiger charge is 2.21. The summed E-state index contributed by atoms with van der Waals surface area (Å²) in [5.41, 5.74) is 5.04. The third-order valence-corrected chi connectivity index (χ3v) is 5.68. The van der Waals surface area contributed by atoms with E-state index in [1.807, 2.05) is 66.9 Å². The Morgan fingerprint density at radius 2 is 1.83 bits per heavy atom. The van der Waals surface area contributed by atoms with E-state index in [1.54, 1.807) is 11.6 Å². The molecule has 0 unspecified atom stereocenters. The Bertz CT molecular complexity index is 1150.